The molecule has 0 aromatic heterocycles. The van der Waals surface area contributed by atoms with E-state index in [4.69, 9.17) is 4.84 Å². The van der Waals surface area contributed by atoms with Gasteiger partial charge in [0.25, 0.3) is 0 Å². The molecular weight excluding hydrogens is 352 g/mol. The van der Waals surface area contributed by atoms with E-state index in [0.717, 1.165) is 76.6 Å². The molecule has 0 aromatic rings. The summed E-state index contributed by atoms with van der Waals surface area (Å²) in [6.07, 6.45) is 8.80. The zero-order chi connectivity index (χ0) is 19.5. The Kier molecular flexibility index (Phi) is 4.63. The molecule has 4 saturated carbocycles. The molecule has 5 nitrogen and oxygen atoms in total. The molecule has 28 heavy (non-hydrogen) atoms. The zero-order valence-electron chi connectivity index (χ0n) is 17.5. The van der Waals surface area contributed by atoms with Gasteiger partial charge in [-0.25, -0.2) is 0 Å². The summed E-state index contributed by atoms with van der Waals surface area (Å²) in [6, 6.07) is 0. The van der Waals surface area contributed by atoms with Crippen molar-refractivity contribution in [2.45, 2.75) is 83.8 Å². The van der Waals surface area contributed by atoms with Crippen LogP contribution in [0.4, 0.5) is 0 Å². The lowest BCUT2D eigenvalue weighted by molar-refractivity contribution is -0.153. The molecule has 8 atom stereocenters. The molecule has 1 saturated heterocycles. The van der Waals surface area contributed by atoms with Gasteiger partial charge in [0, 0.05) is 24.8 Å². The highest BCUT2D eigenvalue weighted by Gasteiger charge is 2.61. The van der Waals surface area contributed by atoms with Gasteiger partial charge in [-0.3, -0.25) is 4.79 Å². The van der Waals surface area contributed by atoms with Crippen molar-refractivity contribution in [3.05, 3.63) is 0 Å². The molecule has 1 aliphatic heterocycles. The van der Waals surface area contributed by atoms with Gasteiger partial charge in [-0.05, 0) is 80.6 Å². The molecular formula is C23H36N2O3. The minimum absolute atomic E-state index is 0.117. The Labute approximate surface area is 168 Å². The van der Waals surface area contributed by atoms with Crippen LogP contribution in [0.25, 0.3) is 0 Å². The number of ketones is 1. The second-order valence-electron chi connectivity index (χ2n) is 10.8. The van der Waals surface area contributed by atoms with Crippen molar-refractivity contribution >= 4 is 11.5 Å². The van der Waals surface area contributed by atoms with Crippen LogP contribution in [-0.4, -0.2) is 41.9 Å². The fraction of sp³-hybridized carbons (Fsp3) is 0.913. The molecule has 2 N–H and O–H groups in total. The summed E-state index contributed by atoms with van der Waals surface area (Å²) in [5.74, 6) is 2.41. The number of fused-ring (bicyclic) bond motifs is 5. The highest BCUT2D eigenvalue weighted by molar-refractivity contribution is 5.87. The van der Waals surface area contributed by atoms with Crippen molar-refractivity contribution in [1.29, 1.82) is 0 Å². The van der Waals surface area contributed by atoms with Crippen LogP contribution >= 0.6 is 0 Å². The molecule has 156 valence electrons. The number of aliphatic hydroxyl groups is 1. The third-order valence-electron chi connectivity index (χ3n) is 9.57. The molecule has 0 bridgehead atoms. The minimum Gasteiger partial charge on any atom is -0.393 e. The van der Waals surface area contributed by atoms with Gasteiger partial charge >= 0.3 is 0 Å². The first-order valence-corrected chi connectivity index (χ1v) is 11.6. The minimum atomic E-state index is -0.275. The second-order valence-corrected chi connectivity index (χ2v) is 10.8. The first-order chi connectivity index (χ1) is 13.4. The molecule has 0 aromatic carbocycles. The maximum atomic E-state index is 12.6. The molecule has 0 spiro atoms. The Morgan fingerprint density at radius 1 is 1.11 bits per heavy atom. The predicted octanol–water partition coefficient (Wildman–Crippen LogP) is 3.30. The van der Waals surface area contributed by atoms with E-state index >= 15 is 0 Å². The highest BCUT2D eigenvalue weighted by Crippen LogP contribution is 2.65. The molecule has 1 heterocycles. The fourth-order valence-corrected chi connectivity index (χ4v) is 7.82. The van der Waals surface area contributed by atoms with Crippen molar-refractivity contribution in [3.63, 3.8) is 0 Å². The van der Waals surface area contributed by atoms with Crippen LogP contribution in [-0.2, 0) is 9.63 Å². The molecule has 0 amide bonds. The van der Waals surface area contributed by atoms with Crippen LogP contribution < -0.4 is 5.32 Å². The number of carbonyl (C=O) groups is 1. The lowest BCUT2D eigenvalue weighted by Gasteiger charge is -2.60. The van der Waals surface area contributed by atoms with Gasteiger partial charge in [-0.15, -0.1) is 0 Å². The van der Waals surface area contributed by atoms with E-state index in [2.05, 4.69) is 24.3 Å². The van der Waals surface area contributed by atoms with Gasteiger partial charge in [0.15, 0.2) is 0 Å². The van der Waals surface area contributed by atoms with E-state index in [1.165, 1.54) is 0 Å². The second kappa shape index (κ2) is 6.80. The van der Waals surface area contributed by atoms with E-state index in [1.807, 2.05) is 0 Å². The van der Waals surface area contributed by atoms with Crippen LogP contribution in [0.15, 0.2) is 5.16 Å². The van der Waals surface area contributed by atoms with Gasteiger partial charge in [0.05, 0.1) is 11.8 Å². The molecule has 5 rings (SSSR count). The number of carbonyl (C=O) groups excluding carboxylic acids is 1. The van der Waals surface area contributed by atoms with Gasteiger partial charge in [-0.1, -0.05) is 19.0 Å². The normalized spacial score (nSPS) is 52.2. The van der Waals surface area contributed by atoms with Gasteiger partial charge in [0.2, 0.25) is 0 Å². The SMILES string of the molecule is C[C@]12CC/C(=N\O[C@H]3CCNC3)CC1[C@@H](O)C[C@@H]1[C@@H]2CC[C@]2(C)C(=O)CC[C@@H]12. The Hall–Kier alpha value is -0.940. The maximum absolute atomic E-state index is 12.6. The van der Waals surface area contributed by atoms with E-state index in [1.54, 1.807) is 0 Å². The highest BCUT2D eigenvalue weighted by atomic mass is 16.6. The van der Waals surface area contributed by atoms with Gasteiger partial charge in [0.1, 0.15) is 11.9 Å². The summed E-state index contributed by atoms with van der Waals surface area (Å²) in [7, 11) is 0. The van der Waals surface area contributed by atoms with Crippen LogP contribution in [0.3, 0.4) is 0 Å². The summed E-state index contributed by atoms with van der Waals surface area (Å²) in [5, 5.41) is 19.0. The Morgan fingerprint density at radius 2 is 1.96 bits per heavy atom. The molecule has 5 fully saturated rings. The standard InChI is InChI=1S/C23H36N2O3/c1-22-8-5-14(25-28-15-7-10-24-13-15)11-19(22)20(26)12-16-17-3-4-21(27)23(17,2)9-6-18(16)22/h15-20,24,26H,3-13H2,1-2H3/b25-14+/t15-,16-,17-,18-,19?,20-,22+,23-/m0/s1. The average Bonchev–Trinajstić information content (AvgIpc) is 3.29. The number of rotatable bonds is 2. The van der Waals surface area contributed by atoms with Crippen molar-refractivity contribution in [3.8, 4) is 0 Å². The monoisotopic (exact) mass is 388 g/mol. The van der Waals surface area contributed by atoms with Crippen molar-refractivity contribution in [2.24, 2.45) is 39.7 Å². The third kappa shape index (κ3) is 2.79. The number of hydrogen-bond acceptors (Lipinski definition) is 5. The van der Waals surface area contributed by atoms with Gasteiger partial charge < -0.3 is 15.3 Å². The number of oxime groups is 1. The quantitative estimate of drug-likeness (QED) is 0.712. The third-order valence-corrected chi connectivity index (χ3v) is 9.57. The molecule has 1 unspecified atom stereocenters. The Bertz CT molecular complexity index is 673. The number of aliphatic hydroxyl groups excluding tert-OH is 1. The first kappa shape index (κ1) is 19.0. The number of hydrogen-bond donors (Lipinski definition) is 2. The molecule has 4 aliphatic carbocycles. The number of nitrogens with one attached hydrogen (secondary N) is 1. The largest absolute Gasteiger partial charge is 0.393 e. The Morgan fingerprint density at radius 3 is 2.75 bits per heavy atom. The summed E-state index contributed by atoms with van der Waals surface area (Å²) < 4.78 is 0. The predicted molar refractivity (Wildman–Crippen MR) is 108 cm³/mol. The Balaban J connectivity index is 1.34. The van der Waals surface area contributed by atoms with Crippen LogP contribution in [0.5, 0.6) is 0 Å². The van der Waals surface area contributed by atoms with Crippen molar-refractivity contribution < 1.29 is 14.7 Å². The summed E-state index contributed by atoms with van der Waals surface area (Å²) in [4.78, 5) is 18.4. The number of nitrogens with zero attached hydrogens (tertiary/aromatic N) is 1. The molecule has 5 heteroatoms. The van der Waals surface area contributed by atoms with Crippen LogP contribution in [0.1, 0.15) is 71.6 Å². The lowest BCUT2D eigenvalue weighted by atomic mass is 9.44. The van der Waals surface area contributed by atoms with Crippen molar-refractivity contribution in [2.75, 3.05) is 13.1 Å². The zero-order valence-corrected chi connectivity index (χ0v) is 17.5. The lowest BCUT2D eigenvalue weighted by Crippen LogP contribution is -2.57. The smallest absolute Gasteiger partial charge is 0.141 e. The topological polar surface area (TPSA) is 70.9 Å². The summed E-state index contributed by atoms with van der Waals surface area (Å²) in [6.45, 7) is 6.55. The maximum Gasteiger partial charge on any atom is 0.141 e. The van der Waals surface area contributed by atoms with E-state index in [0.29, 0.717) is 23.5 Å². The van der Waals surface area contributed by atoms with Crippen LogP contribution in [0.2, 0.25) is 0 Å². The summed E-state index contributed by atoms with van der Waals surface area (Å²) in [5.41, 5.74) is 1.20. The molecule has 0 radical (unpaired) electrons. The van der Waals surface area contributed by atoms with Crippen molar-refractivity contribution in [1.82, 2.24) is 5.32 Å². The molecule has 5 aliphatic rings. The van der Waals surface area contributed by atoms with E-state index in [-0.39, 0.29) is 29.0 Å². The fourth-order valence-electron chi connectivity index (χ4n) is 7.82. The van der Waals surface area contributed by atoms with E-state index < -0.39 is 0 Å². The van der Waals surface area contributed by atoms with E-state index in [9.17, 15) is 9.90 Å². The van der Waals surface area contributed by atoms with Gasteiger partial charge in [-0.2, -0.15) is 0 Å². The number of Topliss-reactive ketones (excluding diaryl/α,β-unsaturated/α-hetero) is 1. The average molecular weight is 389 g/mol. The summed E-state index contributed by atoms with van der Waals surface area (Å²) >= 11 is 0. The first-order valence-electron chi connectivity index (χ1n) is 11.6. The van der Waals surface area contributed by atoms with Crippen LogP contribution in [0, 0.1) is 34.5 Å².